The van der Waals surface area contributed by atoms with E-state index in [-0.39, 0.29) is 23.0 Å². The van der Waals surface area contributed by atoms with Gasteiger partial charge in [0.15, 0.2) is 0 Å². The van der Waals surface area contributed by atoms with Gasteiger partial charge in [0.1, 0.15) is 5.75 Å². The molecule has 1 heterocycles. The van der Waals surface area contributed by atoms with Gasteiger partial charge in [0.25, 0.3) is 5.69 Å². The predicted molar refractivity (Wildman–Crippen MR) is 119 cm³/mol. The fraction of sp³-hybridized carbons (Fsp3) is 0.381. The Kier molecular flexibility index (Phi) is 7.65. The molecule has 2 N–H and O–H groups in total. The summed E-state index contributed by atoms with van der Waals surface area (Å²) in [6.07, 6.45) is 1.23. The van der Waals surface area contributed by atoms with E-state index in [2.05, 4.69) is 10.6 Å². The molecule has 0 bridgehead atoms. The van der Waals surface area contributed by atoms with Crippen molar-refractivity contribution in [2.24, 2.45) is 5.92 Å². The fourth-order valence-electron chi connectivity index (χ4n) is 3.51. The number of carbonyl (C=O) groups is 1. The SMILES string of the molecule is COc1ccc(S(=O)(=O)N2CCCC(C(=O)NCCNc3ccc([N+](=O)[O-])cc3)C2)cc1. The van der Waals surface area contributed by atoms with Gasteiger partial charge in [-0.2, -0.15) is 4.31 Å². The van der Waals surface area contributed by atoms with Gasteiger partial charge in [-0.05, 0) is 49.2 Å². The van der Waals surface area contributed by atoms with Crippen LogP contribution in [0.5, 0.6) is 5.75 Å². The van der Waals surface area contributed by atoms with Gasteiger partial charge in [0.05, 0.1) is 22.8 Å². The minimum atomic E-state index is -3.69. The van der Waals surface area contributed by atoms with Gasteiger partial charge in [-0.25, -0.2) is 8.42 Å². The Morgan fingerprint density at radius 3 is 2.47 bits per heavy atom. The molecule has 10 nitrogen and oxygen atoms in total. The Balaban J connectivity index is 1.49. The Labute approximate surface area is 186 Å². The zero-order valence-electron chi connectivity index (χ0n) is 17.7. The van der Waals surface area contributed by atoms with Gasteiger partial charge in [0, 0.05) is 44.0 Å². The first-order chi connectivity index (χ1) is 15.3. The molecule has 0 saturated carbocycles. The van der Waals surface area contributed by atoms with Crippen LogP contribution in [-0.4, -0.2) is 56.8 Å². The number of sulfonamides is 1. The molecule has 2 aromatic carbocycles. The van der Waals surface area contributed by atoms with Gasteiger partial charge in [-0.15, -0.1) is 0 Å². The molecule has 1 unspecified atom stereocenters. The van der Waals surface area contributed by atoms with Gasteiger partial charge in [0.2, 0.25) is 15.9 Å². The van der Waals surface area contributed by atoms with Crippen LogP contribution in [0.3, 0.4) is 0 Å². The minimum absolute atomic E-state index is 0.00954. The summed E-state index contributed by atoms with van der Waals surface area (Å²) in [5.74, 6) is -0.0385. The van der Waals surface area contributed by atoms with E-state index in [1.165, 1.54) is 35.7 Å². The number of piperidine rings is 1. The molecule has 0 aliphatic carbocycles. The smallest absolute Gasteiger partial charge is 0.269 e. The number of anilines is 1. The summed E-state index contributed by atoms with van der Waals surface area (Å²) in [4.78, 5) is 23.0. The number of nitrogens with one attached hydrogen (secondary N) is 2. The number of nitrogens with zero attached hydrogens (tertiary/aromatic N) is 2. The summed E-state index contributed by atoms with van der Waals surface area (Å²) in [6, 6.07) is 12.2. The average Bonchev–Trinajstić information content (AvgIpc) is 2.82. The largest absolute Gasteiger partial charge is 0.497 e. The van der Waals surface area contributed by atoms with Gasteiger partial charge >= 0.3 is 0 Å². The summed E-state index contributed by atoms with van der Waals surface area (Å²) >= 11 is 0. The van der Waals surface area contributed by atoms with Crippen molar-refractivity contribution in [3.8, 4) is 5.75 Å². The molecule has 32 heavy (non-hydrogen) atoms. The number of benzene rings is 2. The van der Waals surface area contributed by atoms with Crippen molar-refractivity contribution in [2.45, 2.75) is 17.7 Å². The lowest BCUT2D eigenvalue weighted by Crippen LogP contribution is -2.46. The highest BCUT2D eigenvalue weighted by atomic mass is 32.2. The molecule has 11 heteroatoms. The summed E-state index contributed by atoms with van der Waals surface area (Å²) in [5, 5.41) is 16.6. The van der Waals surface area contributed by atoms with Gasteiger partial charge < -0.3 is 15.4 Å². The maximum absolute atomic E-state index is 12.9. The number of nitro groups is 1. The van der Waals surface area contributed by atoms with E-state index < -0.39 is 20.9 Å². The molecule has 0 spiro atoms. The molecule has 1 fully saturated rings. The molecule has 1 atom stereocenters. The van der Waals surface area contributed by atoms with Crippen LogP contribution in [0, 0.1) is 16.0 Å². The third kappa shape index (κ3) is 5.74. The number of amides is 1. The number of rotatable bonds is 9. The van der Waals surface area contributed by atoms with Crippen molar-refractivity contribution in [1.82, 2.24) is 9.62 Å². The minimum Gasteiger partial charge on any atom is -0.497 e. The Morgan fingerprint density at radius 1 is 1.16 bits per heavy atom. The maximum Gasteiger partial charge on any atom is 0.269 e. The van der Waals surface area contributed by atoms with E-state index in [1.807, 2.05) is 0 Å². The van der Waals surface area contributed by atoms with E-state index in [0.717, 1.165) is 0 Å². The highest BCUT2D eigenvalue weighted by molar-refractivity contribution is 7.89. The molecule has 1 aliphatic heterocycles. The molecule has 1 amide bonds. The van der Waals surface area contributed by atoms with E-state index in [4.69, 9.17) is 4.74 Å². The number of nitro benzene ring substituents is 1. The highest BCUT2D eigenvalue weighted by Gasteiger charge is 2.33. The molecule has 2 aromatic rings. The van der Waals surface area contributed by atoms with E-state index in [9.17, 15) is 23.3 Å². The van der Waals surface area contributed by atoms with E-state index in [1.54, 1.807) is 24.3 Å². The van der Waals surface area contributed by atoms with Crippen LogP contribution in [0.4, 0.5) is 11.4 Å². The lowest BCUT2D eigenvalue weighted by atomic mass is 9.99. The predicted octanol–water partition coefficient (Wildman–Crippen LogP) is 2.23. The number of carbonyl (C=O) groups excluding carboxylic acids is 1. The van der Waals surface area contributed by atoms with Crippen LogP contribution in [0.15, 0.2) is 53.4 Å². The van der Waals surface area contributed by atoms with Crippen LogP contribution in [-0.2, 0) is 14.8 Å². The zero-order valence-corrected chi connectivity index (χ0v) is 18.5. The number of methoxy groups -OCH3 is 1. The molecule has 0 radical (unpaired) electrons. The Hall–Kier alpha value is -3.18. The maximum atomic E-state index is 12.9. The number of ether oxygens (including phenoxy) is 1. The van der Waals surface area contributed by atoms with Crippen LogP contribution < -0.4 is 15.4 Å². The second kappa shape index (κ2) is 10.4. The highest BCUT2D eigenvalue weighted by Crippen LogP contribution is 2.25. The lowest BCUT2D eigenvalue weighted by molar-refractivity contribution is -0.384. The summed E-state index contributed by atoms with van der Waals surface area (Å²) in [7, 11) is -2.17. The monoisotopic (exact) mass is 462 g/mol. The fourth-order valence-corrected chi connectivity index (χ4v) is 5.03. The Morgan fingerprint density at radius 2 is 1.84 bits per heavy atom. The van der Waals surface area contributed by atoms with E-state index >= 15 is 0 Å². The van der Waals surface area contributed by atoms with Crippen LogP contribution >= 0.6 is 0 Å². The van der Waals surface area contributed by atoms with E-state index in [0.29, 0.717) is 43.9 Å². The zero-order chi connectivity index (χ0) is 23.1. The summed E-state index contributed by atoms with van der Waals surface area (Å²) < 4.78 is 32.3. The first kappa shape index (κ1) is 23.5. The van der Waals surface area contributed by atoms with Crippen LogP contribution in [0.2, 0.25) is 0 Å². The quantitative estimate of drug-likeness (QED) is 0.332. The topological polar surface area (TPSA) is 131 Å². The van der Waals surface area contributed by atoms with Crippen molar-refractivity contribution >= 4 is 27.3 Å². The number of hydrogen-bond donors (Lipinski definition) is 2. The molecule has 1 saturated heterocycles. The Bertz CT molecular complexity index is 1040. The lowest BCUT2D eigenvalue weighted by Gasteiger charge is -2.31. The van der Waals surface area contributed by atoms with Crippen molar-refractivity contribution in [2.75, 3.05) is 38.6 Å². The molecule has 3 rings (SSSR count). The van der Waals surface area contributed by atoms with Gasteiger partial charge in [-0.1, -0.05) is 0 Å². The summed E-state index contributed by atoms with van der Waals surface area (Å²) in [5.41, 5.74) is 0.717. The normalized spacial score (nSPS) is 16.8. The second-order valence-corrected chi connectivity index (χ2v) is 9.34. The average molecular weight is 463 g/mol. The van der Waals surface area contributed by atoms with Crippen molar-refractivity contribution in [3.05, 3.63) is 58.6 Å². The molecular weight excluding hydrogens is 436 g/mol. The molecule has 0 aromatic heterocycles. The first-order valence-electron chi connectivity index (χ1n) is 10.2. The van der Waals surface area contributed by atoms with Crippen LogP contribution in [0.25, 0.3) is 0 Å². The second-order valence-electron chi connectivity index (χ2n) is 7.40. The van der Waals surface area contributed by atoms with Crippen molar-refractivity contribution < 1.29 is 22.9 Å². The number of non-ortho nitro benzene ring substituents is 1. The van der Waals surface area contributed by atoms with Crippen molar-refractivity contribution in [1.29, 1.82) is 0 Å². The van der Waals surface area contributed by atoms with Gasteiger partial charge in [-0.3, -0.25) is 14.9 Å². The third-order valence-electron chi connectivity index (χ3n) is 5.28. The summed E-state index contributed by atoms with van der Waals surface area (Å²) in [6.45, 7) is 1.29. The standard InChI is InChI=1S/C21H26N4O6S/c1-31-19-8-10-20(11-9-19)32(29,30)24-14-2-3-16(15-24)21(26)23-13-12-22-17-4-6-18(7-5-17)25(27)28/h4-11,16,22H,2-3,12-15H2,1H3,(H,23,26). The first-order valence-corrected chi connectivity index (χ1v) is 11.7. The molecule has 172 valence electrons. The molecule has 1 aliphatic rings. The number of hydrogen-bond acceptors (Lipinski definition) is 7. The van der Waals surface area contributed by atoms with Crippen molar-refractivity contribution in [3.63, 3.8) is 0 Å². The van der Waals surface area contributed by atoms with Crippen LogP contribution in [0.1, 0.15) is 12.8 Å². The molecular formula is C21H26N4O6S. The third-order valence-corrected chi connectivity index (χ3v) is 7.16.